The molecule has 0 radical (unpaired) electrons. The number of nitrogens with one attached hydrogen (secondary N) is 1. The zero-order valence-electron chi connectivity index (χ0n) is 20.3. The molecular weight excluding hydrogens is 500 g/mol. The van der Waals surface area contributed by atoms with Crippen LogP contribution in [0.25, 0.3) is 0 Å². The van der Waals surface area contributed by atoms with Crippen LogP contribution in [0.15, 0.2) is 71.6 Å². The minimum absolute atomic E-state index is 0.161. The van der Waals surface area contributed by atoms with Gasteiger partial charge >= 0.3 is 0 Å². The fourth-order valence-electron chi connectivity index (χ4n) is 3.61. The summed E-state index contributed by atoms with van der Waals surface area (Å²) >= 11 is 7.70. The zero-order valence-corrected chi connectivity index (χ0v) is 22.6. The van der Waals surface area contributed by atoms with E-state index in [0.717, 1.165) is 39.6 Å². The van der Waals surface area contributed by atoms with Crippen LogP contribution in [0.3, 0.4) is 0 Å². The summed E-state index contributed by atoms with van der Waals surface area (Å²) in [4.78, 5) is 12.9. The highest BCUT2D eigenvalue weighted by molar-refractivity contribution is 7.98. The third kappa shape index (κ3) is 8.02. The van der Waals surface area contributed by atoms with Gasteiger partial charge in [0.2, 0.25) is 5.91 Å². The van der Waals surface area contributed by atoms with Gasteiger partial charge in [-0.1, -0.05) is 47.5 Å². The summed E-state index contributed by atoms with van der Waals surface area (Å²) in [7, 11) is -3.91. The zero-order chi connectivity index (χ0) is 25.4. The number of carbonyl (C=O) groups excluding carboxylic acids is 1. The second kappa shape index (κ2) is 12.5. The van der Waals surface area contributed by atoms with Crippen molar-refractivity contribution < 1.29 is 13.2 Å². The molecule has 0 aliphatic carbocycles. The Labute approximate surface area is 217 Å². The number of sulfonamides is 1. The number of nitrogens with zero attached hydrogens (tertiary/aromatic N) is 1. The van der Waals surface area contributed by atoms with Gasteiger partial charge in [0.15, 0.2) is 0 Å². The van der Waals surface area contributed by atoms with Crippen molar-refractivity contribution in [1.29, 1.82) is 0 Å². The summed E-state index contributed by atoms with van der Waals surface area (Å²) in [5.74, 6) is 1.42. The van der Waals surface area contributed by atoms with Crippen molar-refractivity contribution in [2.24, 2.45) is 0 Å². The molecule has 5 nitrogen and oxygen atoms in total. The summed E-state index contributed by atoms with van der Waals surface area (Å²) in [5, 5.41) is 3.60. The summed E-state index contributed by atoms with van der Waals surface area (Å²) in [6.45, 7) is 5.93. The van der Waals surface area contributed by atoms with Crippen molar-refractivity contribution in [3.63, 3.8) is 0 Å². The third-order valence-corrected chi connectivity index (χ3v) is 8.52. The van der Waals surface area contributed by atoms with E-state index in [4.69, 9.17) is 11.6 Å². The van der Waals surface area contributed by atoms with Crippen LogP contribution < -0.4 is 9.62 Å². The first-order chi connectivity index (χ1) is 16.6. The molecule has 0 saturated heterocycles. The molecule has 0 spiro atoms. The fourth-order valence-corrected chi connectivity index (χ4v) is 6.06. The van der Waals surface area contributed by atoms with Crippen molar-refractivity contribution >= 4 is 45.0 Å². The minimum Gasteiger partial charge on any atom is -0.354 e. The first kappa shape index (κ1) is 27.1. The lowest BCUT2D eigenvalue weighted by Crippen LogP contribution is -2.41. The number of carbonyl (C=O) groups is 1. The van der Waals surface area contributed by atoms with Crippen LogP contribution in [-0.2, 0) is 20.6 Å². The van der Waals surface area contributed by atoms with Crippen LogP contribution >= 0.6 is 23.4 Å². The SMILES string of the molecule is Cc1ccc(S(=O)(=O)N(CC(=O)NCCCSCc2ccc(Cl)cc2)c2cc(C)cc(C)c2)cc1. The first-order valence-corrected chi connectivity index (χ1v) is 14.4. The summed E-state index contributed by atoms with van der Waals surface area (Å²) in [6, 6.07) is 20.0. The molecule has 8 heteroatoms. The molecule has 0 bridgehead atoms. The number of benzene rings is 3. The molecule has 0 atom stereocenters. The highest BCUT2D eigenvalue weighted by atomic mass is 35.5. The molecule has 186 valence electrons. The average molecular weight is 531 g/mol. The molecule has 0 aliphatic rings. The van der Waals surface area contributed by atoms with Gasteiger partial charge < -0.3 is 5.32 Å². The summed E-state index contributed by atoms with van der Waals surface area (Å²) < 4.78 is 28.2. The fraction of sp³-hybridized carbons (Fsp3) is 0.296. The predicted molar refractivity (Wildman–Crippen MR) is 147 cm³/mol. The quantitative estimate of drug-likeness (QED) is 0.313. The maximum Gasteiger partial charge on any atom is 0.264 e. The number of hydrogen-bond acceptors (Lipinski definition) is 4. The van der Waals surface area contributed by atoms with E-state index < -0.39 is 10.0 Å². The van der Waals surface area contributed by atoms with E-state index in [1.165, 1.54) is 9.87 Å². The van der Waals surface area contributed by atoms with Crippen molar-refractivity contribution in [1.82, 2.24) is 5.32 Å². The van der Waals surface area contributed by atoms with Crippen LogP contribution in [0.1, 0.15) is 28.7 Å². The van der Waals surface area contributed by atoms with Gasteiger partial charge in [0.1, 0.15) is 6.54 Å². The van der Waals surface area contributed by atoms with E-state index in [0.29, 0.717) is 12.2 Å². The molecule has 35 heavy (non-hydrogen) atoms. The molecule has 1 amide bonds. The molecule has 0 aliphatic heterocycles. The number of halogens is 1. The van der Waals surface area contributed by atoms with Gasteiger partial charge in [0, 0.05) is 17.3 Å². The molecule has 3 aromatic rings. The maximum absolute atomic E-state index is 13.5. The second-order valence-corrected chi connectivity index (χ2v) is 12.0. The first-order valence-electron chi connectivity index (χ1n) is 11.4. The lowest BCUT2D eigenvalue weighted by molar-refractivity contribution is -0.119. The Morgan fingerprint density at radius 2 is 1.54 bits per heavy atom. The van der Waals surface area contributed by atoms with E-state index in [1.54, 1.807) is 48.2 Å². The maximum atomic E-state index is 13.5. The molecule has 0 unspecified atom stereocenters. The standard InChI is InChI=1S/C27H31ClN2O3S2/c1-20-5-11-26(12-6-20)35(32,33)30(25-16-21(2)15-22(3)17-25)18-27(31)29-13-4-14-34-19-23-7-9-24(28)10-8-23/h5-12,15-17H,4,13-14,18-19H2,1-3H3,(H,29,31). The van der Waals surface area contributed by atoms with Gasteiger partial charge in [0.25, 0.3) is 10.0 Å². The van der Waals surface area contributed by atoms with Crippen molar-refractivity contribution in [3.05, 3.63) is 94.0 Å². The van der Waals surface area contributed by atoms with Crippen LogP contribution in [-0.4, -0.2) is 33.2 Å². The largest absolute Gasteiger partial charge is 0.354 e. The molecule has 0 fully saturated rings. The second-order valence-electron chi connectivity index (χ2n) is 8.55. The number of rotatable bonds is 11. The third-order valence-electron chi connectivity index (χ3n) is 5.36. The van der Waals surface area contributed by atoms with Crippen LogP contribution in [0.5, 0.6) is 0 Å². The highest BCUT2D eigenvalue weighted by Gasteiger charge is 2.27. The summed E-state index contributed by atoms with van der Waals surface area (Å²) in [5.41, 5.74) is 4.52. The number of anilines is 1. The monoisotopic (exact) mass is 530 g/mol. The molecule has 3 aromatic carbocycles. The van der Waals surface area contributed by atoms with Crippen molar-refractivity contribution in [2.75, 3.05) is 23.1 Å². The highest BCUT2D eigenvalue weighted by Crippen LogP contribution is 2.26. The van der Waals surface area contributed by atoms with E-state index >= 15 is 0 Å². The average Bonchev–Trinajstić information content (AvgIpc) is 2.80. The van der Waals surface area contributed by atoms with Gasteiger partial charge in [0.05, 0.1) is 10.6 Å². The molecular formula is C27H31ClN2O3S2. The van der Waals surface area contributed by atoms with Crippen LogP contribution in [0.4, 0.5) is 5.69 Å². The number of hydrogen-bond donors (Lipinski definition) is 1. The van der Waals surface area contributed by atoms with E-state index in [9.17, 15) is 13.2 Å². The normalized spacial score (nSPS) is 11.3. The molecule has 3 rings (SSSR count). The van der Waals surface area contributed by atoms with E-state index in [1.807, 2.05) is 51.1 Å². The number of aryl methyl sites for hydroxylation is 3. The Morgan fingerprint density at radius 1 is 0.914 bits per heavy atom. The lowest BCUT2D eigenvalue weighted by atomic mass is 10.1. The minimum atomic E-state index is -3.91. The Kier molecular flexibility index (Phi) is 9.66. The molecule has 0 heterocycles. The Balaban J connectivity index is 1.62. The van der Waals surface area contributed by atoms with Crippen molar-refractivity contribution in [2.45, 2.75) is 37.8 Å². The summed E-state index contributed by atoms with van der Waals surface area (Å²) in [6.07, 6.45) is 0.790. The van der Waals surface area contributed by atoms with Crippen molar-refractivity contribution in [3.8, 4) is 0 Å². The van der Waals surface area contributed by atoms with Gasteiger partial charge in [-0.05, 0) is 86.0 Å². The number of thioether (sulfide) groups is 1. The van der Waals surface area contributed by atoms with Gasteiger partial charge in [-0.2, -0.15) is 11.8 Å². The van der Waals surface area contributed by atoms with Crippen LogP contribution in [0.2, 0.25) is 5.02 Å². The van der Waals surface area contributed by atoms with E-state index in [2.05, 4.69) is 5.32 Å². The predicted octanol–water partition coefficient (Wildman–Crippen LogP) is 5.90. The molecule has 1 N–H and O–H groups in total. The van der Waals surface area contributed by atoms with Gasteiger partial charge in [-0.15, -0.1) is 0 Å². The van der Waals surface area contributed by atoms with Crippen LogP contribution in [0, 0.1) is 20.8 Å². The van der Waals surface area contributed by atoms with E-state index in [-0.39, 0.29) is 17.3 Å². The van der Waals surface area contributed by atoms with Gasteiger partial charge in [-0.3, -0.25) is 9.10 Å². The Morgan fingerprint density at radius 3 is 2.17 bits per heavy atom. The smallest absolute Gasteiger partial charge is 0.264 e. The number of amides is 1. The lowest BCUT2D eigenvalue weighted by Gasteiger charge is -2.25. The molecule has 0 aromatic heterocycles. The topological polar surface area (TPSA) is 66.5 Å². The Bertz CT molecular complexity index is 1220. The van der Waals surface area contributed by atoms with Gasteiger partial charge in [-0.25, -0.2) is 8.42 Å². The Hall–Kier alpha value is -2.48. The molecule has 0 saturated carbocycles.